The Hall–Kier alpha value is -1.70. The second-order valence-corrected chi connectivity index (χ2v) is 8.86. The van der Waals surface area contributed by atoms with Gasteiger partial charge in [0.1, 0.15) is 5.82 Å². The van der Waals surface area contributed by atoms with Crippen molar-refractivity contribution in [1.82, 2.24) is 14.5 Å². The maximum absolute atomic E-state index is 11.8. The van der Waals surface area contributed by atoms with Crippen molar-refractivity contribution in [1.29, 1.82) is 0 Å². The van der Waals surface area contributed by atoms with E-state index in [-0.39, 0.29) is 12.5 Å². The Kier molecular flexibility index (Phi) is 6.37. The number of carbonyl (C=O) groups is 1. The van der Waals surface area contributed by atoms with Gasteiger partial charge < -0.3 is 30.2 Å². The van der Waals surface area contributed by atoms with E-state index in [0.717, 1.165) is 53.5 Å². The highest BCUT2D eigenvalue weighted by molar-refractivity contribution is 14.1. The van der Waals surface area contributed by atoms with Crippen LogP contribution in [0.15, 0.2) is 22.2 Å². The van der Waals surface area contributed by atoms with E-state index < -0.39 is 5.91 Å². The van der Waals surface area contributed by atoms with Crippen LogP contribution >= 0.6 is 34.4 Å². The smallest absolute Gasteiger partial charge is 0.271 e. The zero-order chi connectivity index (χ0) is 20.4. The third kappa shape index (κ3) is 4.57. The zero-order valence-corrected chi connectivity index (χ0v) is 18.7. The molecule has 2 aliphatic rings. The van der Waals surface area contributed by atoms with Crippen molar-refractivity contribution in [3.63, 3.8) is 0 Å². The number of nitrogens with zero attached hydrogens (tertiary/aromatic N) is 3. The summed E-state index contributed by atoms with van der Waals surface area (Å²) in [6.07, 6.45) is 0.880. The van der Waals surface area contributed by atoms with Crippen LogP contribution in [0.2, 0.25) is 0 Å². The summed E-state index contributed by atoms with van der Waals surface area (Å²) in [5.74, 6) is 1.10. The quantitative estimate of drug-likeness (QED) is 0.520. The SMILES string of the molecule is NC(=O)c1nc(Sc2cc3c(cc2I)OCO3)n(CCCN2CCOCC2)c1N. The van der Waals surface area contributed by atoms with Gasteiger partial charge in [0.05, 0.1) is 13.2 Å². The average Bonchev–Trinajstić information content (AvgIpc) is 3.28. The van der Waals surface area contributed by atoms with Gasteiger partial charge in [-0.05, 0) is 41.1 Å². The van der Waals surface area contributed by atoms with E-state index in [9.17, 15) is 4.79 Å². The number of morpholine rings is 1. The molecule has 3 heterocycles. The van der Waals surface area contributed by atoms with Crippen molar-refractivity contribution in [3.8, 4) is 11.5 Å². The van der Waals surface area contributed by atoms with Crippen LogP contribution in [-0.4, -0.2) is 60.0 Å². The second-order valence-electron chi connectivity index (χ2n) is 6.69. The summed E-state index contributed by atoms with van der Waals surface area (Å²) < 4.78 is 19.2. The molecule has 0 saturated carbocycles. The lowest BCUT2D eigenvalue weighted by atomic mass is 10.3. The molecule has 11 heteroatoms. The minimum Gasteiger partial charge on any atom is -0.454 e. The lowest BCUT2D eigenvalue weighted by Gasteiger charge is -2.26. The highest BCUT2D eigenvalue weighted by Gasteiger charge is 2.22. The number of fused-ring (bicyclic) bond motifs is 1. The molecule has 1 aromatic heterocycles. The van der Waals surface area contributed by atoms with Gasteiger partial charge in [-0.2, -0.15) is 0 Å². The van der Waals surface area contributed by atoms with Crippen molar-refractivity contribution in [2.24, 2.45) is 5.73 Å². The van der Waals surface area contributed by atoms with Gasteiger partial charge in [-0.1, -0.05) is 11.8 Å². The number of amides is 1. The number of imidazole rings is 1. The molecule has 1 amide bonds. The molecule has 0 atom stereocenters. The largest absolute Gasteiger partial charge is 0.454 e. The van der Waals surface area contributed by atoms with E-state index in [2.05, 4.69) is 32.5 Å². The summed E-state index contributed by atoms with van der Waals surface area (Å²) in [6, 6.07) is 3.84. The molecule has 0 spiro atoms. The van der Waals surface area contributed by atoms with E-state index >= 15 is 0 Å². The molecule has 2 aliphatic heterocycles. The number of hydrogen-bond acceptors (Lipinski definition) is 8. The first kappa shape index (κ1) is 20.6. The Labute approximate surface area is 186 Å². The van der Waals surface area contributed by atoms with Crippen LogP contribution in [0.4, 0.5) is 5.82 Å². The van der Waals surface area contributed by atoms with Crippen LogP contribution in [0.1, 0.15) is 16.9 Å². The van der Waals surface area contributed by atoms with Crippen LogP contribution in [0, 0.1) is 3.57 Å². The van der Waals surface area contributed by atoms with Crippen molar-refractivity contribution < 1.29 is 19.0 Å². The van der Waals surface area contributed by atoms with Crippen molar-refractivity contribution in [3.05, 3.63) is 21.4 Å². The number of halogens is 1. The molecule has 0 radical (unpaired) electrons. The number of aromatic nitrogens is 2. The summed E-state index contributed by atoms with van der Waals surface area (Å²) in [6.45, 7) is 5.19. The highest BCUT2D eigenvalue weighted by Crippen LogP contribution is 2.41. The molecule has 1 saturated heterocycles. The lowest BCUT2D eigenvalue weighted by molar-refractivity contribution is 0.0369. The lowest BCUT2D eigenvalue weighted by Crippen LogP contribution is -2.37. The number of benzene rings is 1. The summed E-state index contributed by atoms with van der Waals surface area (Å²) in [5.41, 5.74) is 11.8. The topological polar surface area (TPSA) is 118 Å². The van der Waals surface area contributed by atoms with Gasteiger partial charge in [0.25, 0.3) is 5.91 Å². The first-order valence-electron chi connectivity index (χ1n) is 9.26. The Morgan fingerprint density at radius 3 is 2.66 bits per heavy atom. The molecule has 0 unspecified atom stereocenters. The summed E-state index contributed by atoms with van der Waals surface area (Å²) in [7, 11) is 0. The number of nitrogen functional groups attached to an aromatic ring is 1. The van der Waals surface area contributed by atoms with Crippen LogP contribution in [0.5, 0.6) is 11.5 Å². The fourth-order valence-electron chi connectivity index (χ4n) is 3.27. The number of rotatable bonds is 7. The van der Waals surface area contributed by atoms with Gasteiger partial charge in [-0.25, -0.2) is 4.98 Å². The minimum absolute atomic E-state index is 0.106. The third-order valence-corrected chi connectivity index (χ3v) is 7.10. The molecular weight excluding hydrogens is 509 g/mol. The second kappa shape index (κ2) is 8.98. The van der Waals surface area contributed by atoms with Gasteiger partial charge in [-0.3, -0.25) is 9.69 Å². The van der Waals surface area contributed by atoms with Crippen LogP contribution in [0.3, 0.4) is 0 Å². The standard InChI is InChI=1S/C18H22IN5O4S/c19-11-8-12-13(28-10-27-12)9-14(11)29-18-22-15(17(21)25)16(20)24(18)3-1-2-23-4-6-26-7-5-23/h8-9H,1-7,10,20H2,(H2,21,25). The summed E-state index contributed by atoms with van der Waals surface area (Å²) >= 11 is 3.68. The van der Waals surface area contributed by atoms with Crippen molar-refractivity contribution >= 4 is 46.1 Å². The fourth-order valence-corrected chi connectivity index (χ4v) is 5.00. The Morgan fingerprint density at radius 1 is 1.21 bits per heavy atom. The van der Waals surface area contributed by atoms with E-state index in [4.69, 9.17) is 25.7 Å². The molecule has 2 aromatic rings. The van der Waals surface area contributed by atoms with Crippen molar-refractivity contribution in [2.45, 2.75) is 23.0 Å². The molecule has 4 N–H and O–H groups in total. The molecular formula is C18H22IN5O4S. The molecule has 1 fully saturated rings. The summed E-state index contributed by atoms with van der Waals surface area (Å²) in [4.78, 5) is 19.5. The first-order valence-corrected chi connectivity index (χ1v) is 11.2. The van der Waals surface area contributed by atoms with Gasteiger partial charge in [-0.15, -0.1) is 0 Å². The Balaban J connectivity index is 1.54. The number of hydrogen-bond donors (Lipinski definition) is 2. The number of nitrogens with two attached hydrogens (primary N) is 2. The normalized spacial score (nSPS) is 16.3. The fraction of sp³-hybridized carbons (Fsp3) is 0.444. The van der Waals surface area contributed by atoms with Gasteiger partial charge >= 0.3 is 0 Å². The molecule has 1 aromatic carbocycles. The van der Waals surface area contributed by atoms with E-state index in [0.29, 0.717) is 23.3 Å². The number of carbonyl (C=O) groups excluding carboxylic acids is 1. The highest BCUT2D eigenvalue weighted by atomic mass is 127. The molecule has 9 nitrogen and oxygen atoms in total. The van der Waals surface area contributed by atoms with Gasteiger partial charge in [0, 0.05) is 34.6 Å². The maximum atomic E-state index is 11.8. The molecule has 0 bridgehead atoms. The monoisotopic (exact) mass is 531 g/mol. The maximum Gasteiger partial charge on any atom is 0.271 e. The average molecular weight is 531 g/mol. The predicted octanol–water partition coefficient (Wildman–Crippen LogP) is 1.77. The van der Waals surface area contributed by atoms with Gasteiger partial charge in [0.15, 0.2) is 22.3 Å². The van der Waals surface area contributed by atoms with Crippen LogP contribution < -0.4 is 20.9 Å². The van der Waals surface area contributed by atoms with Gasteiger partial charge in [0.2, 0.25) is 6.79 Å². The number of primary amides is 1. The first-order chi connectivity index (χ1) is 14.0. The zero-order valence-electron chi connectivity index (χ0n) is 15.7. The third-order valence-electron chi connectivity index (χ3n) is 4.79. The number of ether oxygens (including phenoxy) is 3. The molecule has 156 valence electrons. The Bertz CT molecular complexity index is 916. The summed E-state index contributed by atoms with van der Waals surface area (Å²) in [5, 5.41) is 0.634. The van der Waals surface area contributed by atoms with Crippen LogP contribution in [-0.2, 0) is 11.3 Å². The molecule has 4 rings (SSSR count). The Morgan fingerprint density at radius 2 is 1.93 bits per heavy atom. The minimum atomic E-state index is -0.628. The van der Waals surface area contributed by atoms with Crippen molar-refractivity contribution in [2.75, 3.05) is 45.4 Å². The molecule has 0 aliphatic carbocycles. The molecule has 29 heavy (non-hydrogen) atoms. The van der Waals surface area contributed by atoms with E-state index in [1.54, 1.807) is 0 Å². The van der Waals surface area contributed by atoms with Crippen LogP contribution in [0.25, 0.3) is 0 Å². The number of anilines is 1. The predicted molar refractivity (Wildman–Crippen MR) is 116 cm³/mol. The van der Waals surface area contributed by atoms with E-state index in [1.165, 1.54) is 11.8 Å². The van der Waals surface area contributed by atoms with E-state index in [1.807, 2.05) is 16.7 Å².